The maximum Gasteiger partial charge on any atom is 0.274 e. The zero-order chi connectivity index (χ0) is 22.9. The number of hydrogen-bond donors (Lipinski definition) is 0. The number of carbonyl (C=O) groups excluding carboxylic acids is 1. The minimum atomic E-state index is -0.371. The van der Waals surface area contributed by atoms with Gasteiger partial charge in [0.1, 0.15) is 10.9 Å². The predicted octanol–water partition coefficient (Wildman–Crippen LogP) is 6.20. The lowest BCUT2D eigenvalue weighted by Gasteiger charge is -2.23. The van der Waals surface area contributed by atoms with E-state index in [9.17, 15) is 4.79 Å². The third-order valence-corrected chi connectivity index (χ3v) is 6.19. The van der Waals surface area contributed by atoms with E-state index in [1.54, 1.807) is 24.3 Å². The second-order valence-corrected chi connectivity index (χ2v) is 8.43. The Morgan fingerprint density at radius 2 is 1.79 bits per heavy atom. The van der Waals surface area contributed by atoms with Gasteiger partial charge < -0.3 is 4.74 Å². The Bertz CT molecular complexity index is 1370. The van der Waals surface area contributed by atoms with Crippen LogP contribution in [0.3, 0.4) is 0 Å². The van der Waals surface area contributed by atoms with Crippen LogP contribution in [0, 0.1) is 6.92 Å². The highest BCUT2D eigenvalue weighted by Gasteiger charge is 2.35. The number of halogens is 1. The molecule has 5 rings (SSSR count). The first-order valence-electron chi connectivity index (χ1n) is 10.7. The number of methoxy groups -OCH3 is 1. The van der Waals surface area contributed by atoms with Gasteiger partial charge in [0.15, 0.2) is 0 Å². The molecule has 3 aromatic carbocycles. The smallest absolute Gasteiger partial charge is 0.274 e. The molecule has 1 unspecified atom stereocenters. The van der Waals surface area contributed by atoms with E-state index >= 15 is 0 Å². The van der Waals surface area contributed by atoms with E-state index < -0.39 is 0 Å². The first kappa shape index (κ1) is 21.2. The molecule has 0 spiro atoms. The molecular weight excluding hydrogens is 434 g/mol. The molecule has 164 valence electrons. The van der Waals surface area contributed by atoms with E-state index in [1.807, 2.05) is 73.7 Å². The summed E-state index contributed by atoms with van der Waals surface area (Å²) in [6, 6.07) is 24.6. The van der Waals surface area contributed by atoms with Crippen LogP contribution in [0.15, 0.2) is 84.0 Å². The number of aromatic nitrogens is 1. The lowest BCUT2D eigenvalue weighted by molar-refractivity contribution is 0.0711. The summed E-state index contributed by atoms with van der Waals surface area (Å²) in [5.41, 5.74) is 5.09. The molecule has 0 radical (unpaired) electrons. The van der Waals surface area contributed by atoms with Crippen molar-refractivity contribution in [1.82, 2.24) is 9.99 Å². The van der Waals surface area contributed by atoms with Gasteiger partial charge in [-0.15, -0.1) is 0 Å². The number of hydrogen-bond acceptors (Lipinski definition) is 4. The summed E-state index contributed by atoms with van der Waals surface area (Å²) in [7, 11) is 1.63. The van der Waals surface area contributed by atoms with Crippen LogP contribution in [0.5, 0.6) is 5.75 Å². The molecule has 0 saturated carbocycles. The summed E-state index contributed by atoms with van der Waals surface area (Å²) < 4.78 is 5.37. The quantitative estimate of drug-likeness (QED) is 0.344. The van der Waals surface area contributed by atoms with Crippen LogP contribution >= 0.6 is 11.6 Å². The van der Waals surface area contributed by atoms with Crippen LogP contribution in [-0.2, 0) is 0 Å². The minimum absolute atomic E-state index is 0.176. The van der Waals surface area contributed by atoms with Gasteiger partial charge in [0.2, 0.25) is 0 Å². The third-order valence-electron chi connectivity index (χ3n) is 5.89. The molecule has 33 heavy (non-hydrogen) atoms. The Labute approximate surface area is 197 Å². The standard InChI is InChI=1S/C27H22ClN3O2/c1-17-8-10-18(11-9-17)24-16-25(31(30-24)27(32)19-6-4-3-5-7-19)22-15-20-14-21(33-2)12-13-23(20)29-26(22)28/h3-15,25H,16H2,1-2H3. The summed E-state index contributed by atoms with van der Waals surface area (Å²) in [6.07, 6.45) is 0.540. The highest BCUT2D eigenvalue weighted by molar-refractivity contribution is 6.30. The van der Waals surface area contributed by atoms with Crippen molar-refractivity contribution in [3.8, 4) is 5.75 Å². The van der Waals surface area contributed by atoms with Gasteiger partial charge in [-0.05, 0) is 48.9 Å². The molecule has 0 aliphatic carbocycles. The number of fused-ring (bicyclic) bond motifs is 1. The Hall–Kier alpha value is -3.70. The SMILES string of the molecule is COc1ccc2nc(Cl)c(C3CC(c4ccc(C)cc4)=NN3C(=O)c3ccccc3)cc2c1. The molecule has 6 heteroatoms. The van der Waals surface area contributed by atoms with Crippen molar-refractivity contribution < 1.29 is 9.53 Å². The second kappa shape index (κ2) is 8.68. The van der Waals surface area contributed by atoms with Crippen LogP contribution in [0.4, 0.5) is 0 Å². The number of ether oxygens (including phenoxy) is 1. The van der Waals surface area contributed by atoms with Crippen LogP contribution in [0.1, 0.15) is 39.5 Å². The first-order chi connectivity index (χ1) is 16.0. The molecule has 1 aliphatic rings. The number of rotatable bonds is 4. The topological polar surface area (TPSA) is 54.8 Å². The molecule has 0 bridgehead atoms. The van der Waals surface area contributed by atoms with Gasteiger partial charge in [0.05, 0.1) is 24.4 Å². The van der Waals surface area contributed by atoms with E-state index in [1.165, 1.54) is 5.56 Å². The molecule has 1 atom stereocenters. The number of aryl methyl sites for hydroxylation is 1. The molecule has 0 saturated heterocycles. The Balaban J connectivity index is 1.60. The van der Waals surface area contributed by atoms with E-state index in [0.717, 1.165) is 33.5 Å². The van der Waals surface area contributed by atoms with Crippen molar-refractivity contribution in [2.24, 2.45) is 5.10 Å². The largest absolute Gasteiger partial charge is 0.497 e. The minimum Gasteiger partial charge on any atom is -0.497 e. The molecular formula is C27H22ClN3O2. The summed E-state index contributed by atoms with van der Waals surface area (Å²) in [5.74, 6) is 0.558. The van der Waals surface area contributed by atoms with Crippen LogP contribution in [0.2, 0.25) is 5.15 Å². The predicted molar refractivity (Wildman–Crippen MR) is 131 cm³/mol. The normalized spacial score (nSPS) is 15.5. The van der Waals surface area contributed by atoms with Gasteiger partial charge >= 0.3 is 0 Å². The summed E-state index contributed by atoms with van der Waals surface area (Å²) in [4.78, 5) is 18.1. The number of hydrazone groups is 1. The van der Waals surface area contributed by atoms with Crippen LogP contribution in [0.25, 0.3) is 10.9 Å². The third kappa shape index (κ3) is 4.08. The maximum atomic E-state index is 13.5. The van der Waals surface area contributed by atoms with Crippen molar-refractivity contribution >= 4 is 34.1 Å². The van der Waals surface area contributed by atoms with E-state index in [4.69, 9.17) is 21.4 Å². The van der Waals surface area contributed by atoms with Gasteiger partial charge in [0, 0.05) is 22.9 Å². The van der Waals surface area contributed by atoms with Crippen molar-refractivity contribution in [3.63, 3.8) is 0 Å². The monoisotopic (exact) mass is 455 g/mol. The van der Waals surface area contributed by atoms with Gasteiger partial charge in [0.25, 0.3) is 5.91 Å². The first-order valence-corrected chi connectivity index (χ1v) is 11.1. The molecule has 1 aromatic heterocycles. The van der Waals surface area contributed by atoms with Crippen molar-refractivity contribution in [1.29, 1.82) is 0 Å². The fraction of sp³-hybridized carbons (Fsp3) is 0.148. The molecule has 0 N–H and O–H groups in total. The lowest BCUT2D eigenvalue weighted by Crippen LogP contribution is -2.27. The summed E-state index contributed by atoms with van der Waals surface area (Å²) in [6.45, 7) is 2.04. The van der Waals surface area contributed by atoms with Gasteiger partial charge in [-0.3, -0.25) is 4.79 Å². The zero-order valence-corrected chi connectivity index (χ0v) is 19.1. The highest BCUT2D eigenvalue weighted by atomic mass is 35.5. The fourth-order valence-electron chi connectivity index (χ4n) is 4.08. The number of carbonyl (C=O) groups is 1. The van der Waals surface area contributed by atoms with E-state index in [-0.39, 0.29) is 11.9 Å². The van der Waals surface area contributed by atoms with Gasteiger partial charge in [-0.2, -0.15) is 5.10 Å². The van der Waals surface area contributed by atoms with Gasteiger partial charge in [-0.1, -0.05) is 59.6 Å². The average Bonchev–Trinajstić information content (AvgIpc) is 3.29. The Morgan fingerprint density at radius 1 is 1.03 bits per heavy atom. The Morgan fingerprint density at radius 3 is 2.52 bits per heavy atom. The number of benzene rings is 3. The molecule has 2 heterocycles. The Kier molecular flexibility index (Phi) is 5.56. The van der Waals surface area contributed by atoms with E-state index in [2.05, 4.69) is 4.98 Å². The fourth-order valence-corrected chi connectivity index (χ4v) is 4.35. The zero-order valence-electron chi connectivity index (χ0n) is 18.3. The van der Waals surface area contributed by atoms with Crippen LogP contribution < -0.4 is 4.74 Å². The molecule has 0 fully saturated rings. The molecule has 5 nitrogen and oxygen atoms in total. The summed E-state index contributed by atoms with van der Waals surface area (Å²) >= 11 is 6.66. The highest BCUT2D eigenvalue weighted by Crippen LogP contribution is 2.38. The van der Waals surface area contributed by atoms with Crippen LogP contribution in [-0.4, -0.2) is 28.7 Å². The van der Waals surface area contributed by atoms with Crippen molar-refractivity contribution in [2.75, 3.05) is 7.11 Å². The van der Waals surface area contributed by atoms with E-state index in [0.29, 0.717) is 17.1 Å². The molecule has 1 aliphatic heterocycles. The number of nitrogens with zero attached hydrogens (tertiary/aromatic N) is 3. The average molecular weight is 456 g/mol. The molecule has 1 amide bonds. The number of amides is 1. The van der Waals surface area contributed by atoms with Crippen molar-refractivity contribution in [3.05, 3.63) is 106 Å². The summed E-state index contributed by atoms with van der Waals surface area (Å²) in [5, 5.41) is 7.57. The lowest BCUT2D eigenvalue weighted by atomic mass is 9.97. The second-order valence-electron chi connectivity index (χ2n) is 8.08. The number of pyridine rings is 1. The van der Waals surface area contributed by atoms with Crippen molar-refractivity contribution in [2.45, 2.75) is 19.4 Å². The van der Waals surface area contributed by atoms with Gasteiger partial charge in [-0.25, -0.2) is 9.99 Å². The maximum absolute atomic E-state index is 13.5. The molecule has 4 aromatic rings.